The van der Waals surface area contributed by atoms with E-state index in [1.165, 1.54) is 12.3 Å². The molecule has 1 amide bonds. The summed E-state index contributed by atoms with van der Waals surface area (Å²) in [4.78, 5) is 15.9. The van der Waals surface area contributed by atoms with Crippen molar-refractivity contribution in [3.8, 4) is 0 Å². The van der Waals surface area contributed by atoms with Gasteiger partial charge in [-0.15, -0.1) is 0 Å². The fraction of sp³-hybridized carbons (Fsp3) is 0. The molecule has 1 aromatic heterocycles. The van der Waals surface area contributed by atoms with Crippen molar-refractivity contribution in [3.63, 3.8) is 0 Å². The summed E-state index contributed by atoms with van der Waals surface area (Å²) in [5, 5.41) is 3.01. The Labute approximate surface area is 131 Å². The zero-order valence-electron chi connectivity index (χ0n) is 9.45. The maximum absolute atomic E-state index is 12.1. The average Bonchev–Trinajstić information content (AvgIpc) is 2.37. The lowest BCUT2D eigenvalue weighted by atomic mass is 10.2. The number of benzene rings is 1. The zero-order chi connectivity index (χ0) is 14.0. The van der Waals surface area contributed by atoms with Crippen LogP contribution >= 0.6 is 43.5 Å². The van der Waals surface area contributed by atoms with Crippen LogP contribution in [0.15, 0.2) is 39.4 Å². The minimum Gasteiger partial charge on any atom is -0.382 e. The van der Waals surface area contributed by atoms with Gasteiger partial charge >= 0.3 is 0 Å². The molecule has 0 aliphatic rings. The quantitative estimate of drug-likeness (QED) is 0.791. The van der Waals surface area contributed by atoms with Crippen molar-refractivity contribution in [2.24, 2.45) is 0 Å². The molecule has 2 aromatic rings. The SMILES string of the molecule is Nc1ncc(C(=O)Nc2cc(Br)ccc2Br)cc1Cl. The number of nitrogens with two attached hydrogens (primary N) is 1. The van der Waals surface area contributed by atoms with Crippen molar-refractivity contribution in [1.29, 1.82) is 0 Å². The van der Waals surface area contributed by atoms with Gasteiger partial charge in [-0.3, -0.25) is 4.79 Å². The van der Waals surface area contributed by atoms with Gasteiger partial charge in [0.25, 0.3) is 5.91 Å². The smallest absolute Gasteiger partial charge is 0.257 e. The van der Waals surface area contributed by atoms with E-state index in [0.717, 1.165) is 8.95 Å². The number of halogens is 3. The summed E-state index contributed by atoms with van der Waals surface area (Å²) >= 11 is 12.5. The van der Waals surface area contributed by atoms with Crippen molar-refractivity contribution in [1.82, 2.24) is 4.98 Å². The minimum atomic E-state index is -0.312. The number of carbonyl (C=O) groups excluding carboxylic acids is 1. The number of amides is 1. The van der Waals surface area contributed by atoms with E-state index in [4.69, 9.17) is 17.3 Å². The third-order valence-corrected chi connectivity index (χ3v) is 3.80. The van der Waals surface area contributed by atoms with E-state index in [0.29, 0.717) is 11.3 Å². The van der Waals surface area contributed by atoms with E-state index in [-0.39, 0.29) is 16.7 Å². The van der Waals surface area contributed by atoms with Crippen LogP contribution in [-0.2, 0) is 0 Å². The molecule has 3 N–H and O–H groups in total. The second-order valence-electron chi connectivity index (χ2n) is 3.67. The lowest BCUT2D eigenvalue weighted by molar-refractivity contribution is 0.102. The molecule has 2 rings (SSSR count). The van der Waals surface area contributed by atoms with Gasteiger partial charge in [-0.1, -0.05) is 27.5 Å². The molecule has 0 fully saturated rings. The maximum Gasteiger partial charge on any atom is 0.257 e. The number of nitrogen functional groups attached to an aromatic ring is 1. The summed E-state index contributed by atoms with van der Waals surface area (Å²) < 4.78 is 1.64. The Morgan fingerprint density at radius 3 is 2.74 bits per heavy atom. The lowest BCUT2D eigenvalue weighted by Crippen LogP contribution is -2.13. The van der Waals surface area contributed by atoms with Crippen molar-refractivity contribution in [3.05, 3.63) is 50.0 Å². The number of hydrogen-bond acceptors (Lipinski definition) is 3. The number of aromatic nitrogens is 1. The molecule has 0 saturated carbocycles. The molecular weight excluding hydrogens is 397 g/mol. The topological polar surface area (TPSA) is 68.0 Å². The normalized spacial score (nSPS) is 10.3. The number of hydrogen-bond donors (Lipinski definition) is 2. The third kappa shape index (κ3) is 3.46. The Morgan fingerprint density at radius 1 is 1.32 bits per heavy atom. The second kappa shape index (κ2) is 5.90. The molecule has 0 unspecified atom stereocenters. The first-order valence-corrected chi connectivity index (χ1v) is 7.11. The fourth-order valence-corrected chi connectivity index (χ4v) is 2.23. The predicted octanol–water partition coefficient (Wildman–Crippen LogP) is 4.09. The van der Waals surface area contributed by atoms with Gasteiger partial charge in [0.05, 0.1) is 16.3 Å². The van der Waals surface area contributed by atoms with Crippen LogP contribution in [-0.4, -0.2) is 10.9 Å². The number of nitrogens with one attached hydrogen (secondary N) is 1. The van der Waals surface area contributed by atoms with Crippen molar-refractivity contribution in [2.45, 2.75) is 0 Å². The van der Waals surface area contributed by atoms with Crippen LogP contribution < -0.4 is 11.1 Å². The van der Waals surface area contributed by atoms with Crippen LogP contribution in [0.3, 0.4) is 0 Å². The van der Waals surface area contributed by atoms with E-state index >= 15 is 0 Å². The van der Waals surface area contributed by atoms with Gasteiger partial charge in [0.15, 0.2) is 0 Å². The molecule has 0 bridgehead atoms. The maximum atomic E-state index is 12.1. The van der Waals surface area contributed by atoms with Gasteiger partial charge in [0, 0.05) is 15.1 Å². The van der Waals surface area contributed by atoms with Gasteiger partial charge in [-0.2, -0.15) is 0 Å². The molecule has 0 aliphatic carbocycles. The molecule has 0 aliphatic heterocycles. The highest BCUT2D eigenvalue weighted by molar-refractivity contribution is 9.11. The molecule has 7 heteroatoms. The van der Waals surface area contributed by atoms with E-state index in [1.54, 1.807) is 6.07 Å². The Bertz CT molecular complexity index is 649. The monoisotopic (exact) mass is 403 g/mol. The Balaban J connectivity index is 2.25. The van der Waals surface area contributed by atoms with Gasteiger partial charge < -0.3 is 11.1 Å². The minimum absolute atomic E-state index is 0.196. The molecule has 0 saturated heterocycles. The van der Waals surface area contributed by atoms with E-state index in [2.05, 4.69) is 42.2 Å². The molecule has 1 aromatic carbocycles. The van der Waals surface area contributed by atoms with Crippen molar-refractivity contribution in [2.75, 3.05) is 11.1 Å². The summed E-state index contributed by atoms with van der Waals surface area (Å²) in [5.74, 6) is -0.116. The molecule has 0 atom stereocenters. The summed E-state index contributed by atoms with van der Waals surface area (Å²) in [6.45, 7) is 0. The Kier molecular flexibility index (Phi) is 4.44. The zero-order valence-corrected chi connectivity index (χ0v) is 13.4. The van der Waals surface area contributed by atoms with Crippen molar-refractivity contribution >= 4 is 60.9 Å². The molecular formula is C12H8Br2ClN3O. The predicted molar refractivity (Wildman–Crippen MR) is 83.5 cm³/mol. The van der Waals surface area contributed by atoms with Crippen LogP contribution in [0, 0.1) is 0 Å². The standard InChI is InChI=1S/C12H8Br2ClN3O/c13-7-1-2-8(14)10(4-7)18-12(19)6-3-9(15)11(16)17-5-6/h1-5H,(H2,16,17)(H,18,19). The highest BCUT2D eigenvalue weighted by Crippen LogP contribution is 2.27. The largest absolute Gasteiger partial charge is 0.382 e. The van der Waals surface area contributed by atoms with E-state index < -0.39 is 0 Å². The van der Waals surface area contributed by atoms with Crippen LogP contribution in [0.1, 0.15) is 10.4 Å². The first-order valence-electron chi connectivity index (χ1n) is 5.15. The van der Waals surface area contributed by atoms with Gasteiger partial charge in [0.2, 0.25) is 0 Å². The van der Waals surface area contributed by atoms with Crippen molar-refractivity contribution < 1.29 is 4.79 Å². The molecule has 1 heterocycles. The number of rotatable bonds is 2. The number of nitrogens with zero attached hydrogens (tertiary/aromatic N) is 1. The van der Waals surface area contributed by atoms with Gasteiger partial charge in [-0.05, 0) is 40.2 Å². The summed E-state index contributed by atoms with van der Waals surface area (Å²) in [7, 11) is 0. The number of pyridine rings is 1. The molecule has 4 nitrogen and oxygen atoms in total. The molecule has 98 valence electrons. The van der Waals surface area contributed by atoms with Gasteiger partial charge in [0.1, 0.15) is 5.82 Å². The van der Waals surface area contributed by atoms with Crippen LogP contribution in [0.2, 0.25) is 5.02 Å². The van der Waals surface area contributed by atoms with Crippen LogP contribution in [0.4, 0.5) is 11.5 Å². The molecule has 19 heavy (non-hydrogen) atoms. The third-order valence-electron chi connectivity index (χ3n) is 2.31. The fourth-order valence-electron chi connectivity index (χ4n) is 1.36. The highest BCUT2D eigenvalue weighted by atomic mass is 79.9. The Hall–Kier alpha value is -1.11. The summed E-state index contributed by atoms with van der Waals surface area (Å²) in [5.41, 5.74) is 6.48. The van der Waals surface area contributed by atoms with E-state index in [9.17, 15) is 4.79 Å². The summed E-state index contributed by atoms with van der Waals surface area (Å²) in [6.07, 6.45) is 1.38. The van der Waals surface area contributed by atoms with E-state index in [1.807, 2.05) is 12.1 Å². The first-order chi connectivity index (χ1) is 8.97. The average molecular weight is 405 g/mol. The molecule has 0 radical (unpaired) electrons. The number of anilines is 2. The van der Waals surface area contributed by atoms with Crippen LogP contribution in [0.5, 0.6) is 0 Å². The highest BCUT2D eigenvalue weighted by Gasteiger charge is 2.11. The van der Waals surface area contributed by atoms with Gasteiger partial charge in [-0.25, -0.2) is 4.98 Å². The van der Waals surface area contributed by atoms with Crippen LogP contribution in [0.25, 0.3) is 0 Å². The summed E-state index contributed by atoms with van der Waals surface area (Å²) in [6, 6.07) is 6.95. The number of carbonyl (C=O) groups is 1. The first kappa shape index (κ1) is 14.3. The second-order valence-corrected chi connectivity index (χ2v) is 5.85. The lowest BCUT2D eigenvalue weighted by Gasteiger charge is -2.08. The molecule has 0 spiro atoms. The Morgan fingerprint density at radius 2 is 2.05 bits per heavy atom.